The first-order valence-corrected chi connectivity index (χ1v) is 10.4. The summed E-state index contributed by atoms with van der Waals surface area (Å²) in [6, 6.07) is 6.95. The number of hydrogen-bond acceptors (Lipinski definition) is 5. The third-order valence-corrected chi connectivity index (χ3v) is 6.19. The molecule has 0 aromatic heterocycles. The molecule has 156 valence electrons. The van der Waals surface area contributed by atoms with Gasteiger partial charge in [0.15, 0.2) is 11.6 Å². The zero-order valence-electron chi connectivity index (χ0n) is 15.7. The first-order valence-electron chi connectivity index (χ1n) is 8.94. The smallest absolute Gasteiger partial charge is 0.255 e. The predicted octanol–water partition coefficient (Wildman–Crippen LogP) is 2.64. The van der Waals surface area contributed by atoms with Crippen LogP contribution < -0.4 is 10.1 Å². The molecule has 3 rings (SSSR count). The van der Waals surface area contributed by atoms with Crippen LogP contribution in [0.4, 0.5) is 14.5 Å². The van der Waals surface area contributed by atoms with Crippen LogP contribution in [-0.4, -0.2) is 51.5 Å². The summed E-state index contributed by atoms with van der Waals surface area (Å²) >= 11 is 0. The van der Waals surface area contributed by atoms with Crippen LogP contribution in [-0.2, 0) is 14.8 Å². The molecule has 29 heavy (non-hydrogen) atoms. The van der Waals surface area contributed by atoms with Crippen LogP contribution in [0.2, 0.25) is 0 Å². The average molecular weight is 426 g/mol. The lowest BCUT2D eigenvalue weighted by Gasteiger charge is -2.27. The number of carbonyl (C=O) groups is 1. The number of hydrogen-bond donors (Lipinski definition) is 1. The van der Waals surface area contributed by atoms with Gasteiger partial charge in [0.05, 0.1) is 19.8 Å². The van der Waals surface area contributed by atoms with Gasteiger partial charge in [-0.2, -0.15) is 4.31 Å². The van der Waals surface area contributed by atoms with E-state index in [2.05, 4.69) is 5.32 Å². The van der Waals surface area contributed by atoms with Crippen molar-refractivity contribution in [1.29, 1.82) is 0 Å². The molecule has 1 aliphatic heterocycles. The van der Waals surface area contributed by atoms with Gasteiger partial charge in [-0.05, 0) is 43.3 Å². The molecule has 1 aliphatic rings. The van der Waals surface area contributed by atoms with E-state index >= 15 is 0 Å². The second-order valence-corrected chi connectivity index (χ2v) is 8.10. The van der Waals surface area contributed by atoms with Crippen molar-refractivity contribution in [2.75, 3.05) is 38.2 Å². The van der Waals surface area contributed by atoms with Crippen LogP contribution in [0.1, 0.15) is 17.3 Å². The Morgan fingerprint density at radius 3 is 2.52 bits per heavy atom. The van der Waals surface area contributed by atoms with Gasteiger partial charge in [0.25, 0.3) is 5.91 Å². The van der Waals surface area contributed by atoms with Gasteiger partial charge in [-0.25, -0.2) is 17.2 Å². The molecule has 0 spiro atoms. The second-order valence-electron chi connectivity index (χ2n) is 6.19. The van der Waals surface area contributed by atoms with E-state index in [4.69, 9.17) is 9.47 Å². The molecule has 0 atom stereocenters. The first kappa shape index (κ1) is 21.2. The third-order valence-electron chi connectivity index (χ3n) is 4.27. The maximum absolute atomic E-state index is 13.4. The maximum Gasteiger partial charge on any atom is 0.255 e. The molecule has 10 heteroatoms. The largest absolute Gasteiger partial charge is 0.492 e. The summed E-state index contributed by atoms with van der Waals surface area (Å²) in [7, 11) is -3.88. The number of anilines is 1. The van der Waals surface area contributed by atoms with Gasteiger partial charge in [-0.1, -0.05) is 0 Å². The Morgan fingerprint density at radius 2 is 1.86 bits per heavy atom. The molecule has 7 nitrogen and oxygen atoms in total. The van der Waals surface area contributed by atoms with Crippen molar-refractivity contribution in [2.24, 2.45) is 0 Å². The highest BCUT2D eigenvalue weighted by atomic mass is 32.2. The molecule has 0 bridgehead atoms. The normalized spacial score (nSPS) is 15.1. The van der Waals surface area contributed by atoms with E-state index in [9.17, 15) is 22.0 Å². The van der Waals surface area contributed by atoms with Crippen LogP contribution in [0.3, 0.4) is 0 Å². The Morgan fingerprint density at radius 1 is 1.14 bits per heavy atom. The summed E-state index contributed by atoms with van der Waals surface area (Å²) in [6.07, 6.45) is 0. The zero-order chi connectivity index (χ0) is 21.0. The fraction of sp³-hybridized carbons (Fsp3) is 0.316. The lowest BCUT2D eigenvalue weighted by molar-refractivity contribution is 0.0729. The van der Waals surface area contributed by atoms with Gasteiger partial charge in [-0.15, -0.1) is 0 Å². The van der Waals surface area contributed by atoms with E-state index in [1.807, 2.05) is 0 Å². The van der Waals surface area contributed by atoms with Gasteiger partial charge < -0.3 is 14.8 Å². The number of halogens is 2. The van der Waals surface area contributed by atoms with Gasteiger partial charge in [-0.3, -0.25) is 4.79 Å². The third kappa shape index (κ3) is 4.72. The van der Waals surface area contributed by atoms with Gasteiger partial charge in [0.1, 0.15) is 10.6 Å². The Bertz CT molecular complexity index is 1010. The van der Waals surface area contributed by atoms with Gasteiger partial charge in [0, 0.05) is 24.3 Å². The van der Waals surface area contributed by atoms with Crippen LogP contribution in [0, 0.1) is 11.6 Å². The van der Waals surface area contributed by atoms with Crippen molar-refractivity contribution in [3.8, 4) is 5.75 Å². The predicted molar refractivity (Wildman–Crippen MR) is 102 cm³/mol. The monoisotopic (exact) mass is 426 g/mol. The molecule has 1 saturated heterocycles. The van der Waals surface area contributed by atoms with Crippen molar-refractivity contribution < 1.29 is 31.5 Å². The lowest BCUT2D eigenvalue weighted by atomic mass is 10.2. The number of rotatable bonds is 6. The Labute approximate surface area is 167 Å². The number of nitrogens with zero attached hydrogens (tertiary/aromatic N) is 1. The molecular formula is C19H20F2N2O5S. The van der Waals surface area contributed by atoms with Gasteiger partial charge in [0.2, 0.25) is 10.0 Å². The number of carbonyl (C=O) groups excluding carboxylic acids is 1. The van der Waals surface area contributed by atoms with Crippen LogP contribution in [0.25, 0.3) is 0 Å². The minimum Gasteiger partial charge on any atom is -0.492 e. The van der Waals surface area contributed by atoms with Crippen LogP contribution in [0.15, 0.2) is 41.3 Å². The second kappa shape index (κ2) is 8.85. The number of amides is 1. The maximum atomic E-state index is 13.4. The molecule has 2 aromatic rings. The SMILES string of the molecule is CCOc1ccc(NC(=O)c2ccc(F)c(F)c2)cc1S(=O)(=O)N1CCOCC1. The number of nitrogens with one attached hydrogen (secondary N) is 1. The van der Waals surface area contributed by atoms with E-state index in [0.29, 0.717) is 0 Å². The summed E-state index contributed by atoms with van der Waals surface area (Å²) in [4.78, 5) is 12.2. The molecule has 0 unspecified atom stereocenters. The Kier molecular flexibility index (Phi) is 6.46. The standard InChI is InChI=1S/C19H20F2N2O5S/c1-2-28-17-6-4-14(22-19(24)13-3-5-15(20)16(21)11-13)12-18(17)29(25,26)23-7-9-27-10-8-23/h3-6,11-12H,2,7-10H2,1H3,(H,22,24). The van der Waals surface area contributed by atoms with Crippen molar-refractivity contribution in [2.45, 2.75) is 11.8 Å². The minimum atomic E-state index is -3.88. The molecule has 0 radical (unpaired) electrons. The number of ether oxygens (including phenoxy) is 2. The number of sulfonamides is 1. The van der Waals surface area contributed by atoms with E-state index in [1.54, 1.807) is 6.92 Å². The summed E-state index contributed by atoms with van der Waals surface area (Å²) in [6.45, 7) is 2.97. The molecule has 0 saturated carbocycles. The summed E-state index contributed by atoms with van der Waals surface area (Å²) in [5, 5.41) is 2.50. The van der Waals surface area contributed by atoms with Crippen molar-refractivity contribution in [3.63, 3.8) is 0 Å². The summed E-state index contributed by atoms with van der Waals surface area (Å²) < 4.78 is 64.5. The lowest BCUT2D eigenvalue weighted by Crippen LogP contribution is -2.40. The molecule has 0 aliphatic carbocycles. The van der Waals surface area contributed by atoms with E-state index in [-0.39, 0.29) is 54.8 Å². The van der Waals surface area contributed by atoms with Crippen molar-refractivity contribution in [1.82, 2.24) is 4.31 Å². The summed E-state index contributed by atoms with van der Waals surface area (Å²) in [5.74, 6) is -2.77. The number of benzene rings is 2. The fourth-order valence-corrected chi connectivity index (χ4v) is 4.39. The minimum absolute atomic E-state index is 0.0932. The Hall–Kier alpha value is -2.56. The molecule has 1 heterocycles. The molecule has 1 fully saturated rings. The molecular weight excluding hydrogens is 406 g/mol. The molecule has 2 aromatic carbocycles. The molecule has 1 amide bonds. The number of morpholine rings is 1. The van der Waals surface area contributed by atoms with Crippen molar-refractivity contribution >= 4 is 21.6 Å². The topological polar surface area (TPSA) is 84.9 Å². The fourth-order valence-electron chi connectivity index (χ4n) is 2.83. The first-order chi connectivity index (χ1) is 13.8. The highest BCUT2D eigenvalue weighted by molar-refractivity contribution is 7.89. The average Bonchev–Trinajstić information content (AvgIpc) is 2.72. The van der Waals surface area contributed by atoms with Crippen molar-refractivity contribution in [3.05, 3.63) is 53.6 Å². The van der Waals surface area contributed by atoms with Crippen LogP contribution in [0.5, 0.6) is 5.75 Å². The highest BCUT2D eigenvalue weighted by Gasteiger charge is 2.30. The zero-order valence-corrected chi connectivity index (χ0v) is 16.5. The van der Waals surface area contributed by atoms with E-state index in [1.165, 1.54) is 22.5 Å². The van der Waals surface area contributed by atoms with E-state index < -0.39 is 27.6 Å². The highest BCUT2D eigenvalue weighted by Crippen LogP contribution is 2.30. The Balaban J connectivity index is 1.91. The van der Waals surface area contributed by atoms with E-state index in [0.717, 1.165) is 18.2 Å². The van der Waals surface area contributed by atoms with Crippen LogP contribution >= 0.6 is 0 Å². The molecule has 1 N–H and O–H groups in total. The van der Waals surface area contributed by atoms with Gasteiger partial charge >= 0.3 is 0 Å². The quantitative estimate of drug-likeness (QED) is 0.768. The summed E-state index contributed by atoms with van der Waals surface area (Å²) in [5.41, 5.74) is 0.0744.